The zero-order valence-corrected chi connectivity index (χ0v) is 12.0. The first-order valence-corrected chi connectivity index (χ1v) is 7.03. The van der Waals surface area contributed by atoms with Gasteiger partial charge in [0.05, 0.1) is 11.1 Å². The second-order valence-corrected chi connectivity index (χ2v) is 5.30. The maximum absolute atomic E-state index is 12.4. The average molecular weight is 301 g/mol. The summed E-state index contributed by atoms with van der Waals surface area (Å²) in [5.74, 6) is -1.58. The van der Waals surface area contributed by atoms with Gasteiger partial charge in [-0.05, 0) is 19.1 Å². The van der Waals surface area contributed by atoms with Crippen molar-refractivity contribution in [1.29, 1.82) is 0 Å². The molecule has 7 heteroatoms. The third kappa shape index (κ3) is 2.14. The standard InChI is InChI=1S/C15H15N3O4/c1-9-13(20)16-6-7-17(9)12(19)8-18-14(21)10-4-2-3-5-11(10)15(18)22/h2-5,9H,6-8H2,1H3,(H,16,20)/t9-/m1/s1. The van der Waals surface area contributed by atoms with E-state index >= 15 is 0 Å². The van der Waals surface area contributed by atoms with Gasteiger partial charge in [-0.2, -0.15) is 0 Å². The summed E-state index contributed by atoms with van der Waals surface area (Å²) >= 11 is 0. The quantitative estimate of drug-likeness (QED) is 0.755. The first-order chi connectivity index (χ1) is 10.5. The van der Waals surface area contributed by atoms with Crippen molar-refractivity contribution in [3.8, 4) is 0 Å². The van der Waals surface area contributed by atoms with Crippen LogP contribution in [0.1, 0.15) is 27.6 Å². The first kappa shape index (κ1) is 14.2. The molecule has 2 aliphatic heterocycles. The lowest BCUT2D eigenvalue weighted by molar-refractivity contribution is -0.142. The van der Waals surface area contributed by atoms with Gasteiger partial charge in [0, 0.05) is 13.1 Å². The van der Waals surface area contributed by atoms with E-state index in [1.165, 1.54) is 4.90 Å². The molecule has 114 valence electrons. The molecule has 0 saturated carbocycles. The molecule has 0 aliphatic carbocycles. The van der Waals surface area contributed by atoms with Crippen LogP contribution in [-0.4, -0.2) is 59.1 Å². The maximum Gasteiger partial charge on any atom is 0.262 e. The highest BCUT2D eigenvalue weighted by Gasteiger charge is 2.38. The smallest absolute Gasteiger partial charge is 0.262 e. The molecule has 4 amide bonds. The summed E-state index contributed by atoms with van der Waals surface area (Å²) < 4.78 is 0. The van der Waals surface area contributed by atoms with Gasteiger partial charge in [0.25, 0.3) is 11.8 Å². The molecule has 7 nitrogen and oxygen atoms in total. The van der Waals surface area contributed by atoms with E-state index in [1.54, 1.807) is 31.2 Å². The summed E-state index contributed by atoms with van der Waals surface area (Å²) in [6.45, 7) is 2.02. The molecule has 2 heterocycles. The molecule has 3 rings (SSSR count). The van der Waals surface area contributed by atoms with Crippen LogP contribution in [0.2, 0.25) is 0 Å². The molecule has 1 N–H and O–H groups in total. The van der Waals surface area contributed by atoms with Gasteiger partial charge in [-0.3, -0.25) is 24.1 Å². The van der Waals surface area contributed by atoms with Crippen molar-refractivity contribution in [1.82, 2.24) is 15.1 Å². The van der Waals surface area contributed by atoms with Gasteiger partial charge in [0.2, 0.25) is 11.8 Å². The minimum absolute atomic E-state index is 0.234. The number of piperazine rings is 1. The van der Waals surface area contributed by atoms with E-state index in [1.807, 2.05) is 0 Å². The Bertz CT molecular complexity index is 650. The van der Waals surface area contributed by atoms with E-state index in [0.717, 1.165) is 4.90 Å². The second kappa shape index (κ2) is 5.25. The fourth-order valence-electron chi connectivity index (χ4n) is 2.73. The Hall–Kier alpha value is -2.70. The van der Waals surface area contributed by atoms with Crippen LogP contribution in [0.5, 0.6) is 0 Å². The Balaban J connectivity index is 1.77. The summed E-state index contributed by atoms with van der Waals surface area (Å²) in [5.41, 5.74) is 0.620. The Morgan fingerprint density at radius 3 is 2.36 bits per heavy atom. The molecule has 22 heavy (non-hydrogen) atoms. The number of carbonyl (C=O) groups is 4. The number of rotatable bonds is 2. The van der Waals surface area contributed by atoms with E-state index in [9.17, 15) is 19.2 Å². The van der Waals surface area contributed by atoms with Crippen molar-refractivity contribution < 1.29 is 19.2 Å². The van der Waals surface area contributed by atoms with E-state index in [-0.39, 0.29) is 12.5 Å². The van der Waals surface area contributed by atoms with Crippen molar-refractivity contribution in [2.24, 2.45) is 0 Å². The van der Waals surface area contributed by atoms with Crippen LogP contribution in [0, 0.1) is 0 Å². The molecule has 2 aliphatic rings. The minimum atomic E-state index is -0.601. The topological polar surface area (TPSA) is 86.8 Å². The predicted molar refractivity (Wildman–Crippen MR) is 76.0 cm³/mol. The van der Waals surface area contributed by atoms with Crippen LogP contribution in [0.25, 0.3) is 0 Å². The molecule has 0 spiro atoms. The number of hydrogen-bond donors (Lipinski definition) is 1. The Kier molecular flexibility index (Phi) is 3.40. The van der Waals surface area contributed by atoms with E-state index < -0.39 is 23.8 Å². The van der Waals surface area contributed by atoms with Crippen LogP contribution < -0.4 is 5.32 Å². The van der Waals surface area contributed by atoms with E-state index in [4.69, 9.17) is 0 Å². The zero-order chi connectivity index (χ0) is 15.9. The Labute approximate surface area is 126 Å². The van der Waals surface area contributed by atoms with E-state index in [2.05, 4.69) is 5.32 Å². The summed E-state index contributed by atoms with van der Waals surface area (Å²) in [6.07, 6.45) is 0. The third-order valence-corrected chi connectivity index (χ3v) is 3.99. The Morgan fingerprint density at radius 1 is 1.18 bits per heavy atom. The zero-order valence-electron chi connectivity index (χ0n) is 12.0. The molecule has 0 aromatic heterocycles. The predicted octanol–water partition coefficient (Wildman–Crippen LogP) is -0.370. The third-order valence-electron chi connectivity index (χ3n) is 3.99. The van der Waals surface area contributed by atoms with E-state index in [0.29, 0.717) is 24.2 Å². The van der Waals surface area contributed by atoms with Crippen LogP contribution >= 0.6 is 0 Å². The summed E-state index contributed by atoms with van der Waals surface area (Å²) in [6, 6.07) is 5.88. The molecule has 0 bridgehead atoms. The number of carbonyl (C=O) groups excluding carboxylic acids is 4. The minimum Gasteiger partial charge on any atom is -0.353 e. The molecular formula is C15H15N3O4. The van der Waals surface area contributed by atoms with Crippen LogP contribution in [0.15, 0.2) is 24.3 Å². The fraction of sp³-hybridized carbons (Fsp3) is 0.333. The molecule has 0 unspecified atom stereocenters. The van der Waals surface area contributed by atoms with Crippen molar-refractivity contribution in [2.45, 2.75) is 13.0 Å². The van der Waals surface area contributed by atoms with Gasteiger partial charge in [0.15, 0.2) is 0 Å². The van der Waals surface area contributed by atoms with Crippen molar-refractivity contribution in [3.05, 3.63) is 35.4 Å². The number of imide groups is 1. The molecule has 0 radical (unpaired) electrons. The number of hydrogen-bond acceptors (Lipinski definition) is 4. The van der Waals surface area contributed by atoms with Crippen LogP contribution in [-0.2, 0) is 9.59 Å². The largest absolute Gasteiger partial charge is 0.353 e. The highest BCUT2D eigenvalue weighted by molar-refractivity contribution is 6.22. The van der Waals surface area contributed by atoms with Crippen LogP contribution in [0.4, 0.5) is 0 Å². The van der Waals surface area contributed by atoms with Gasteiger partial charge >= 0.3 is 0 Å². The number of nitrogens with zero attached hydrogens (tertiary/aromatic N) is 2. The molecule has 1 aromatic carbocycles. The monoisotopic (exact) mass is 301 g/mol. The average Bonchev–Trinajstić information content (AvgIpc) is 2.75. The number of nitrogens with one attached hydrogen (secondary N) is 1. The number of benzene rings is 1. The second-order valence-electron chi connectivity index (χ2n) is 5.30. The molecule has 1 fully saturated rings. The fourth-order valence-corrected chi connectivity index (χ4v) is 2.73. The van der Waals surface area contributed by atoms with Gasteiger partial charge in [-0.1, -0.05) is 12.1 Å². The van der Waals surface area contributed by atoms with Crippen molar-refractivity contribution in [2.75, 3.05) is 19.6 Å². The number of fused-ring (bicyclic) bond motifs is 1. The summed E-state index contributed by atoms with van der Waals surface area (Å²) in [7, 11) is 0. The lowest BCUT2D eigenvalue weighted by atomic mass is 10.1. The highest BCUT2D eigenvalue weighted by atomic mass is 16.2. The van der Waals surface area contributed by atoms with Gasteiger partial charge in [-0.25, -0.2) is 0 Å². The SMILES string of the molecule is C[C@@H]1C(=O)NCCN1C(=O)CN1C(=O)c2ccccc2C1=O. The summed E-state index contributed by atoms with van der Waals surface area (Å²) in [5, 5.41) is 2.66. The molecule has 1 atom stereocenters. The normalized spacial score (nSPS) is 21.0. The van der Waals surface area contributed by atoms with Crippen LogP contribution in [0.3, 0.4) is 0 Å². The highest BCUT2D eigenvalue weighted by Crippen LogP contribution is 2.22. The Morgan fingerprint density at radius 2 is 1.77 bits per heavy atom. The lowest BCUT2D eigenvalue weighted by Crippen LogP contribution is -2.57. The molecule has 1 saturated heterocycles. The van der Waals surface area contributed by atoms with Crippen molar-refractivity contribution in [3.63, 3.8) is 0 Å². The van der Waals surface area contributed by atoms with Gasteiger partial charge < -0.3 is 10.2 Å². The van der Waals surface area contributed by atoms with Gasteiger partial charge in [-0.15, -0.1) is 0 Å². The molecule has 1 aromatic rings. The lowest BCUT2D eigenvalue weighted by Gasteiger charge is -2.33. The molecular weight excluding hydrogens is 286 g/mol. The van der Waals surface area contributed by atoms with Crippen molar-refractivity contribution >= 4 is 23.6 Å². The van der Waals surface area contributed by atoms with Gasteiger partial charge in [0.1, 0.15) is 12.6 Å². The first-order valence-electron chi connectivity index (χ1n) is 7.03. The summed E-state index contributed by atoms with van der Waals surface area (Å²) in [4.78, 5) is 50.7. The maximum atomic E-state index is 12.4. The number of amides is 4.